The minimum absolute atomic E-state index is 0.222. The van der Waals surface area contributed by atoms with E-state index in [1.54, 1.807) is 23.5 Å². The minimum atomic E-state index is -0.446. The van der Waals surface area contributed by atoms with Crippen LogP contribution in [0.3, 0.4) is 0 Å². The third-order valence-corrected chi connectivity index (χ3v) is 6.56. The average Bonchev–Trinajstić information content (AvgIpc) is 3.35. The molecule has 0 radical (unpaired) electrons. The molecule has 152 valence electrons. The average molecular weight is 419 g/mol. The Balaban J connectivity index is 1.57. The number of carbonyl (C=O) groups excluding carboxylic acids is 1. The van der Waals surface area contributed by atoms with Gasteiger partial charge in [-0.1, -0.05) is 47.6 Å². The van der Waals surface area contributed by atoms with Gasteiger partial charge in [-0.3, -0.25) is 4.79 Å². The second-order valence-electron chi connectivity index (χ2n) is 7.68. The standard InChI is InChI=1S/C23H22N4O2S/c1-14-19(30-22(25-14)23(2,3)17-7-5-4-6-8-17)21-26-18(27-29-21)13-15-9-11-16(12-10-15)20(24)28/h4-12H,13H2,1-3H3,(H2,24,28). The molecule has 2 heterocycles. The molecule has 4 aromatic rings. The Hall–Kier alpha value is -3.32. The second kappa shape index (κ2) is 7.84. The largest absolute Gasteiger partial charge is 0.366 e. The third kappa shape index (κ3) is 3.89. The van der Waals surface area contributed by atoms with E-state index in [4.69, 9.17) is 15.2 Å². The van der Waals surface area contributed by atoms with Gasteiger partial charge in [0.25, 0.3) is 5.89 Å². The van der Waals surface area contributed by atoms with Crippen molar-refractivity contribution in [2.75, 3.05) is 0 Å². The number of carbonyl (C=O) groups is 1. The maximum Gasteiger partial charge on any atom is 0.269 e. The molecule has 1 amide bonds. The van der Waals surface area contributed by atoms with Crippen molar-refractivity contribution in [3.63, 3.8) is 0 Å². The first-order valence-electron chi connectivity index (χ1n) is 9.59. The van der Waals surface area contributed by atoms with Crippen molar-refractivity contribution in [2.24, 2.45) is 5.73 Å². The molecule has 4 rings (SSSR count). The van der Waals surface area contributed by atoms with Gasteiger partial charge in [0.1, 0.15) is 9.88 Å². The van der Waals surface area contributed by atoms with Crippen molar-refractivity contribution >= 4 is 17.2 Å². The number of hydrogen-bond acceptors (Lipinski definition) is 6. The molecular formula is C23H22N4O2S. The second-order valence-corrected chi connectivity index (χ2v) is 8.68. The maximum atomic E-state index is 11.2. The molecule has 6 nitrogen and oxygen atoms in total. The van der Waals surface area contributed by atoms with E-state index >= 15 is 0 Å². The number of rotatable bonds is 6. The number of aryl methyl sites for hydroxylation is 1. The Morgan fingerprint density at radius 3 is 2.43 bits per heavy atom. The van der Waals surface area contributed by atoms with Crippen LogP contribution in [0.15, 0.2) is 59.1 Å². The zero-order chi connectivity index (χ0) is 21.3. The Kier molecular flexibility index (Phi) is 5.22. The fraction of sp³-hybridized carbons (Fsp3) is 0.217. The van der Waals surface area contributed by atoms with E-state index in [1.165, 1.54) is 5.56 Å². The summed E-state index contributed by atoms with van der Waals surface area (Å²) >= 11 is 1.58. The van der Waals surface area contributed by atoms with E-state index in [9.17, 15) is 4.79 Å². The third-order valence-electron chi connectivity index (χ3n) is 5.09. The quantitative estimate of drug-likeness (QED) is 0.497. The Morgan fingerprint density at radius 2 is 1.77 bits per heavy atom. The molecule has 0 atom stereocenters. The summed E-state index contributed by atoms with van der Waals surface area (Å²) in [4.78, 5) is 21.5. The highest BCUT2D eigenvalue weighted by Crippen LogP contribution is 2.38. The molecule has 0 aliphatic carbocycles. The SMILES string of the molecule is Cc1nc(C(C)(C)c2ccccc2)sc1-c1nc(Cc2ccc(C(N)=O)cc2)no1. The van der Waals surface area contributed by atoms with E-state index in [0.717, 1.165) is 21.1 Å². The first kappa shape index (κ1) is 20.0. The number of hydrogen-bond donors (Lipinski definition) is 1. The van der Waals surface area contributed by atoms with Gasteiger partial charge in [0.05, 0.1) is 5.69 Å². The van der Waals surface area contributed by atoms with Crippen LogP contribution in [0, 0.1) is 6.92 Å². The van der Waals surface area contributed by atoms with Gasteiger partial charge in [-0.05, 0) is 44.0 Å². The fourth-order valence-corrected chi connectivity index (χ4v) is 4.34. The number of nitrogens with two attached hydrogens (primary N) is 1. The maximum absolute atomic E-state index is 11.2. The molecule has 2 aromatic heterocycles. The van der Waals surface area contributed by atoms with Gasteiger partial charge in [-0.25, -0.2) is 4.98 Å². The molecule has 0 unspecified atom stereocenters. The molecule has 7 heteroatoms. The van der Waals surface area contributed by atoms with Crippen molar-refractivity contribution < 1.29 is 9.32 Å². The normalized spacial score (nSPS) is 11.6. The molecule has 0 aliphatic rings. The van der Waals surface area contributed by atoms with Gasteiger partial charge in [-0.2, -0.15) is 4.98 Å². The van der Waals surface area contributed by atoms with Crippen LogP contribution in [0.25, 0.3) is 10.8 Å². The molecule has 0 saturated heterocycles. The number of benzene rings is 2. The van der Waals surface area contributed by atoms with Crippen LogP contribution < -0.4 is 5.73 Å². The first-order chi connectivity index (χ1) is 14.3. The lowest BCUT2D eigenvalue weighted by molar-refractivity contribution is 0.100. The van der Waals surface area contributed by atoms with Crippen LogP contribution in [0.1, 0.15) is 51.9 Å². The highest BCUT2D eigenvalue weighted by Gasteiger charge is 2.29. The van der Waals surface area contributed by atoms with Crippen molar-refractivity contribution in [2.45, 2.75) is 32.6 Å². The van der Waals surface area contributed by atoms with Gasteiger partial charge in [0, 0.05) is 17.4 Å². The number of nitrogens with zero attached hydrogens (tertiary/aromatic N) is 3. The summed E-state index contributed by atoms with van der Waals surface area (Å²) in [5.74, 6) is 0.607. The van der Waals surface area contributed by atoms with Crippen LogP contribution in [0.2, 0.25) is 0 Å². The number of thiazole rings is 1. The Labute approximate surface area is 178 Å². The topological polar surface area (TPSA) is 94.9 Å². The molecule has 0 saturated carbocycles. The summed E-state index contributed by atoms with van der Waals surface area (Å²) in [7, 11) is 0. The van der Waals surface area contributed by atoms with E-state index in [0.29, 0.717) is 23.7 Å². The summed E-state index contributed by atoms with van der Waals surface area (Å²) in [5, 5.41) is 5.12. The number of aromatic nitrogens is 3. The van der Waals surface area contributed by atoms with Crippen molar-refractivity contribution in [1.82, 2.24) is 15.1 Å². The van der Waals surface area contributed by atoms with E-state index in [-0.39, 0.29) is 5.41 Å². The lowest BCUT2D eigenvalue weighted by atomic mass is 9.85. The Bertz CT molecular complexity index is 1180. The van der Waals surface area contributed by atoms with Crippen LogP contribution in [0.5, 0.6) is 0 Å². The van der Waals surface area contributed by atoms with Gasteiger partial charge < -0.3 is 10.3 Å². The molecule has 0 bridgehead atoms. The van der Waals surface area contributed by atoms with Crippen molar-refractivity contribution in [1.29, 1.82) is 0 Å². The summed E-state index contributed by atoms with van der Waals surface area (Å²) in [5.41, 5.74) is 8.59. The molecule has 2 aromatic carbocycles. The van der Waals surface area contributed by atoms with Gasteiger partial charge in [0.15, 0.2) is 5.82 Å². The zero-order valence-electron chi connectivity index (χ0n) is 17.0. The van der Waals surface area contributed by atoms with Gasteiger partial charge in [-0.15, -0.1) is 11.3 Å². The summed E-state index contributed by atoms with van der Waals surface area (Å²) in [6, 6.07) is 17.4. The predicted molar refractivity (Wildman–Crippen MR) is 116 cm³/mol. The summed E-state index contributed by atoms with van der Waals surface area (Å²) in [6.07, 6.45) is 0.503. The summed E-state index contributed by atoms with van der Waals surface area (Å²) < 4.78 is 5.53. The lowest BCUT2D eigenvalue weighted by Crippen LogP contribution is -2.18. The van der Waals surface area contributed by atoms with Gasteiger partial charge >= 0.3 is 0 Å². The van der Waals surface area contributed by atoms with Crippen LogP contribution in [0.4, 0.5) is 0 Å². The minimum Gasteiger partial charge on any atom is -0.366 e. The van der Waals surface area contributed by atoms with E-state index in [1.807, 2.05) is 37.3 Å². The lowest BCUT2D eigenvalue weighted by Gasteiger charge is -2.22. The molecule has 0 fully saturated rings. The molecular weight excluding hydrogens is 396 g/mol. The van der Waals surface area contributed by atoms with Gasteiger partial charge in [0.2, 0.25) is 5.91 Å². The smallest absolute Gasteiger partial charge is 0.269 e. The molecule has 2 N–H and O–H groups in total. The highest BCUT2D eigenvalue weighted by atomic mass is 32.1. The highest BCUT2D eigenvalue weighted by molar-refractivity contribution is 7.15. The fourth-order valence-electron chi connectivity index (χ4n) is 3.23. The molecule has 0 spiro atoms. The molecule has 30 heavy (non-hydrogen) atoms. The van der Waals surface area contributed by atoms with Crippen LogP contribution in [-0.4, -0.2) is 21.0 Å². The first-order valence-corrected chi connectivity index (χ1v) is 10.4. The summed E-state index contributed by atoms with van der Waals surface area (Å²) in [6.45, 7) is 6.29. The number of primary amides is 1. The Morgan fingerprint density at radius 1 is 1.07 bits per heavy atom. The van der Waals surface area contributed by atoms with E-state index < -0.39 is 5.91 Å². The van der Waals surface area contributed by atoms with Crippen molar-refractivity contribution in [3.05, 3.63) is 87.8 Å². The molecule has 0 aliphatic heterocycles. The predicted octanol–water partition coefficient (Wildman–Crippen LogP) is 4.52. The zero-order valence-corrected chi connectivity index (χ0v) is 17.9. The van der Waals surface area contributed by atoms with Crippen molar-refractivity contribution in [3.8, 4) is 10.8 Å². The monoisotopic (exact) mass is 418 g/mol. The van der Waals surface area contributed by atoms with E-state index in [2.05, 4.69) is 36.1 Å². The van der Waals surface area contributed by atoms with Crippen LogP contribution in [-0.2, 0) is 11.8 Å². The van der Waals surface area contributed by atoms with Crippen LogP contribution >= 0.6 is 11.3 Å². The number of amides is 1.